The zero-order chi connectivity index (χ0) is 19.2. The molecule has 0 amide bonds. The van der Waals surface area contributed by atoms with Crippen LogP contribution in [0.15, 0.2) is 23.3 Å². The average Bonchev–Trinajstić information content (AvgIpc) is 3.21. The Bertz CT molecular complexity index is 531. The molecule has 0 aliphatic carbocycles. The van der Waals surface area contributed by atoms with Gasteiger partial charge >= 0.3 is 0 Å². The van der Waals surface area contributed by atoms with E-state index in [4.69, 9.17) is 14.2 Å². The second kappa shape index (κ2) is 13.3. The Kier molecular flexibility index (Phi) is 10.6. The van der Waals surface area contributed by atoms with E-state index >= 15 is 0 Å². The van der Waals surface area contributed by atoms with Gasteiger partial charge in [0.25, 0.3) is 0 Å². The Hall–Kier alpha value is -1.86. The van der Waals surface area contributed by atoms with Crippen LogP contribution < -0.4 is 15.4 Å². The van der Waals surface area contributed by atoms with Crippen molar-refractivity contribution in [3.63, 3.8) is 0 Å². The number of aromatic nitrogens is 1. The zero-order valence-electron chi connectivity index (χ0n) is 16.7. The number of nitrogens with zero attached hydrogens (tertiary/aromatic N) is 2. The van der Waals surface area contributed by atoms with Gasteiger partial charge in [-0.15, -0.1) is 0 Å². The molecule has 1 aliphatic rings. The van der Waals surface area contributed by atoms with Gasteiger partial charge in [-0.25, -0.2) is 9.98 Å². The molecule has 0 radical (unpaired) electrons. The predicted octanol–water partition coefficient (Wildman–Crippen LogP) is 2.37. The largest absolute Gasteiger partial charge is 0.478 e. The van der Waals surface area contributed by atoms with Crippen molar-refractivity contribution in [2.45, 2.75) is 39.7 Å². The molecule has 2 heterocycles. The zero-order valence-corrected chi connectivity index (χ0v) is 16.7. The second-order valence-corrected chi connectivity index (χ2v) is 6.63. The Morgan fingerprint density at radius 3 is 2.93 bits per heavy atom. The summed E-state index contributed by atoms with van der Waals surface area (Å²) in [6.07, 6.45) is 4.86. The minimum absolute atomic E-state index is 0.573. The Labute approximate surface area is 162 Å². The van der Waals surface area contributed by atoms with Crippen molar-refractivity contribution < 1.29 is 14.2 Å². The van der Waals surface area contributed by atoms with Crippen LogP contribution in [0.1, 0.15) is 38.7 Å². The van der Waals surface area contributed by atoms with Crippen molar-refractivity contribution in [1.29, 1.82) is 0 Å². The molecule has 1 aromatic rings. The molecular weight excluding hydrogens is 344 g/mol. The Morgan fingerprint density at radius 1 is 1.30 bits per heavy atom. The fourth-order valence-corrected chi connectivity index (χ4v) is 2.65. The summed E-state index contributed by atoms with van der Waals surface area (Å²) >= 11 is 0. The monoisotopic (exact) mass is 378 g/mol. The van der Waals surface area contributed by atoms with Gasteiger partial charge in [0.2, 0.25) is 5.88 Å². The molecule has 2 rings (SSSR count). The maximum absolute atomic E-state index is 5.73. The van der Waals surface area contributed by atoms with Crippen molar-refractivity contribution in [2.24, 2.45) is 10.9 Å². The fourth-order valence-electron chi connectivity index (χ4n) is 2.65. The molecule has 0 spiro atoms. The lowest BCUT2D eigenvalue weighted by Crippen LogP contribution is -2.38. The molecule has 0 aromatic carbocycles. The van der Waals surface area contributed by atoms with Crippen LogP contribution in [0.3, 0.4) is 0 Å². The van der Waals surface area contributed by atoms with E-state index in [9.17, 15) is 0 Å². The fraction of sp³-hybridized carbons (Fsp3) is 0.700. The highest BCUT2D eigenvalue weighted by atomic mass is 16.5. The number of nitrogens with one attached hydrogen (secondary N) is 2. The van der Waals surface area contributed by atoms with Crippen molar-refractivity contribution in [3.8, 4) is 5.88 Å². The maximum atomic E-state index is 5.73. The average molecular weight is 379 g/mol. The topological polar surface area (TPSA) is 77.0 Å². The normalized spacial score (nSPS) is 17.1. The molecule has 0 bridgehead atoms. The van der Waals surface area contributed by atoms with Gasteiger partial charge < -0.3 is 24.8 Å². The lowest BCUT2D eigenvalue weighted by molar-refractivity contribution is 0.0888. The first-order chi connectivity index (χ1) is 13.3. The van der Waals surface area contributed by atoms with E-state index in [1.165, 1.54) is 0 Å². The summed E-state index contributed by atoms with van der Waals surface area (Å²) in [6.45, 7) is 10.3. The predicted molar refractivity (Wildman–Crippen MR) is 107 cm³/mol. The van der Waals surface area contributed by atoms with E-state index < -0.39 is 0 Å². The standard InChI is InChI=1S/C20H34N4O3/c1-3-10-27-19-7-6-17(13-23-19)14-24-20(21-4-2)22-9-5-11-25-15-18-8-12-26-16-18/h6-7,13,18H,3-5,8-12,14-16H2,1-2H3,(H2,21,22,24). The molecule has 27 heavy (non-hydrogen) atoms. The van der Waals surface area contributed by atoms with E-state index in [1.807, 2.05) is 18.3 Å². The van der Waals surface area contributed by atoms with Gasteiger partial charge in [0.05, 0.1) is 26.4 Å². The quantitative estimate of drug-likeness (QED) is 0.330. The molecule has 2 N–H and O–H groups in total. The number of ether oxygens (including phenoxy) is 3. The first-order valence-electron chi connectivity index (χ1n) is 10.1. The first-order valence-corrected chi connectivity index (χ1v) is 10.1. The number of rotatable bonds is 12. The van der Waals surface area contributed by atoms with Crippen molar-refractivity contribution in [1.82, 2.24) is 15.6 Å². The molecule has 7 nitrogen and oxygen atoms in total. The number of pyridine rings is 1. The summed E-state index contributed by atoms with van der Waals surface area (Å²) in [7, 11) is 0. The van der Waals surface area contributed by atoms with Crippen molar-refractivity contribution in [3.05, 3.63) is 23.9 Å². The smallest absolute Gasteiger partial charge is 0.213 e. The van der Waals surface area contributed by atoms with E-state index in [2.05, 4.69) is 34.5 Å². The molecule has 7 heteroatoms. The van der Waals surface area contributed by atoms with Crippen LogP contribution in [0.5, 0.6) is 5.88 Å². The summed E-state index contributed by atoms with van der Waals surface area (Å²) in [6, 6.07) is 3.90. The number of hydrogen-bond acceptors (Lipinski definition) is 5. The molecule has 1 fully saturated rings. The van der Waals surface area contributed by atoms with Gasteiger partial charge in [0, 0.05) is 44.5 Å². The van der Waals surface area contributed by atoms with Crippen LogP contribution in [0.25, 0.3) is 0 Å². The summed E-state index contributed by atoms with van der Waals surface area (Å²) in [5.74, 6) is 2.05. The van der Waals surface area contributed by atoms with E-state index in [0.29, 0.717) is 24.9 Å². The second-order valence-electron chi connectivity index (χ2n) is 6.63. The highest BCUT2D eigenvalue weighted by Crippen LogP contribution is 2.12. The van der Waals surface area contributed by atoms with Crippen molar-refractivity contribution >= 4 is 5.96 Å². The van der Waals surface area contributed by atoms with Gasteiger partial charge in [0.15, 0.2) is 5.96 Å². The van der Waals surface area contributed by atoms with Crippen LogP contribution >= 0.6 is 0 Å². The summed E-state index contributed by atoms with van der Waals surface area (Å²) in [4.78, 5) is 8.92. The third kappa shape index (κ3) is 9.06. The number of aliphatic imine (C=N–C) groups is 1. The SMILES string of the molecule is CCCOc1ccc(CN=C(NCC)NCCCOCC2CCOC2)cn1. The summed E-state index contributed by atoms with van der Waals surface area (Å²) in [5.41, 5.74) is 1.05. The molecule has 152 valence electrons. The van der Waals surface area contributed by atoms with Gasteiger partial charge in [-0.3, -0.25) is 0 Å². The third-order valence-electron chi connectivity index (χ3n) is 4.15. The molecule has 0 saturated carbocycles. The lowest BCUT2D eigenvalue weighted by atomic mass is 10.1. The summed E-state index contributed by atoms with van der Waals surface area (Å²) < 4.78 is 16.6. The van der Waals surface area contributed by atoms with Crippen LogP contribution in [-0.4, -0.2) is 57.1 Å². The molecular formula is C20H34N4O3. The van der Waals surface area contributed by atoms with Gasteiger partial charge in [0.1, 0.15) is 0 Å². The Balaban J connectivity index is 1.65. The van der Waals surface area contributed by atoms with Gasteiger partial charge in [-0.05, 0) is 31.7 Å². The van der Waals surface area contributed by atoms with E-state index in [1.54, 1.807) is 0 Å². The van der Waals surface area contributed by atoms with E-state index in [0.717, 1.165) is 70.3 Å². The Morgan fingerprint density at radius 2 is 2.22 bits per heavy atom. The van der Waals surface area contributed by atoms with E-state index in [-0.39, 0.29) is 0 Å². The van der Waals surface area contributed by atoms with Crippen LogP contribution in [0.2, 0.25) is 0 Å². The van der Waals surface area contributed by atoms with Crippen LogP contribution in [0.4, 0.5) is 0 Å². The van der Waals surface area contributed by atoms with Gasteiger partial charge in [-0.2, -0.15) is 0 Å². The first kappa shape index (κ1) is 21.4. The lowest BCUT2D eigenvalue weighted by Gasteiger charge is -2.12. The molecule has 1 unspecified atom stereocenters. The minimum atomic E-state index is 0.573. The maximum Gasteiger partial charge on any atom is 0.213 e. The minimum Gasteiger partial charge on any atom is -0.478 e. The molecule has 1 aliphatic heterocycles. The van der Waals surface area contributed by atoms with Gasteiger partial charge in [-0.1, -0.05) is 13.0 Å². The highest BCUT2D eigenvalue weighted by molar-refractivity contribution is 5.79. The van der Waals surface area contributed by atoms with Crippen molar-refractivity contribution in [2.75, 3.05) is 46.1 Å². The molecule has 1 atom stereocenters. The highest BCUT2D eigenvalue weighted by Gasteiger charge is 2.15. The van der Waals surface area contributed by atoms with Crippen LogP contribution in [0, 0.1) is 5.92 Å². The third-order valence-corrected chi connectivity index (χ3v) is 4.15. The summed E-state index contributed by atoms with van der Waals surface area (Å²) in [5, 5.41) is 6.61. The number of guanidine groups is 1. The molecule has 1 saturated heterocycles. The molecule has 1 aromatic heterocycles. The number of hydrogen-bond donors (Lipinski definition) is 2. The van der Waals surface area contributed by atoms with Crippen LogP contribution in [-0.2, 0) is 16.0 Å².